The van der Waals surface area contributed by atoms with Crippen LogP contribution in [0.4, 0.5) is 4.79 Å². The predicted molar refractivity (Wildman–Crippen MR) is 69.5 cm³/mol. The predicted octanol–water partition coefficient (Wildman–Crippen LogP) is 3.53. The third-order valence-electron chi connectivity index (χ3n) is 3.12. The first-order chi connectivity index (χ1) is 8.35. The molecule has 0 saturated carbocycles. The molecule has 1 saturated heterocycles. The van der Waals surface area contributed by atoms with Gasteiger partial charge >= 0.3 is 6.16 Å². The minimum Gasteiger partial charge on any atom is -0.434 e. The van der Waals surface area contributed by atoms with Crippen molar-refractivity contribution in [3.8, 4) is 0 Å². The molecule has 106 valence electrons. The van der Waals surface area contributed by atoms with Crippen molar-refractivity contribution in [2.45, 2.75) is 71.7 Å². The lowest BCUT2D eigenvalue weighted by Gasteiger charge is -2.21. The van der Waals surface area contributed by atoms with Crippen LogP contribution in [0.15, 0.2) is 0 Å². The maximum absolute atomic E-state index is 11.5. The Morgan fingerprint density at radius 3 is 2.44 bits per heavy atom. The Morgan fingerprint density at radius 1 is 1.28 bits per heavy atom. The van der Waals surface area contributed by atoms with Crippen LogP contribution in [0.5, 0.6) is 0 Å². The maximum atomic E-state index is 11.5. The van der Waals surface area contributed by atoms with Crippen LogP contribution >= 0.6 is 0 Å². The van der Waals surface area contributed by atoms with E-state index in [9.17, 15) is 4.79 Å². The number of carbonyl (C=O) groups is 1. The average molecular weight is 258 g/mol. The zero-order valence-electron chi connectivity index (χ0n) is 12.2. The highest BCUT2D eigenvalue weighted by molar-refractivity contribution is 5.60. The van der Waals surface area contributed by atoms with Crippen molar-refractivity contribution in [3.63, 3.8) is 0 Å². The molecule has 0 aromatic carbocycles. The van der Waals surface area contributed by atoms with Crippen molar-refractivity contribution in [1.29, 1.82) is 0 Å². The molecular weight excluding hydrogens is 232 g/mol. The van der Waals surface area contributed by atoms with Crippen molar-refractivity contribution in [2.24, 2.45) is 5.92 Å². The molecule has 0 bridgehead atoms. The molecule has 1 aliphatic rings. The number of carbonyl (C=O) groups excluding carboxylic acids is 1. The van der Waals surface area contributed by atoms with Gasteiger partial charge in [0.05, 0.1) is 12.2 Å². The van der Waals surface area contributed by atoms with Gasteiger partial charge in [-0.3, -0.25) is 0 Å². The van der Waals surface area contributed by atoms with Gasteiger partial charge in [-0.1, -0.05) is 13.8 Å². The van der Waals surface area contributed by atoms with Crippen LogP contribution in [0, 0.1) is 5.92 Å². The average Bonchev–Trinajstić information content (AvgIpc) is 2.66. The molecule has 1 heterocycles. The van der Waals surface area contributed by atoms with Gasteiger partial charge in [0.2, 0.25) is 0 Å². The molecule has 0 spiro atoms. The third kappa shape index (κ3) is 4.84. The van der Waals surface area contributed by atoms with Gasteiger partial charge in [0, 0.05) is 5.92 Å². The largest absolute Gasteiger partial charge is 0.508 e. The summed E-state index contributed by atoms with van der Waals surface area (Å²) >= 11 is 0. The molecule has 4 nitrogen and oxygen atoms in total. The second-order valence-electron chi connectivity index (χ2n) is 5.88. The summed E-state index contributed by atoms with van der Waals surface area (Å²) in [7, 11) is 0. The van der Waals surface area contributed by atoms with E-state index < -0.39 is 11.8 Å². The Kier molecular flexibility index (Phi) is 5.45. The molecule has 0 aliphatic carbocycles. The Balaban J connectivity index is 2.36. The summed E-state index contributed by atoms with van der Waals surface area (Å²) in [6.45, 7) is 10.1. The van der Waals surface area contributed by atoms with Crippen molar-refractivity contribution in [3.05, 3.63) is 0 Å². The maximum Gasteiger partial charge on any atom is 0.508 e. The van der Waals surface area contributed by atoms with Gasteiger partial charge in [-0.25, -0.2) is 4.79 Å². The summed E-state index contributed by atoms with van der Waals surface area (Å²) in [5.74, 6) is 0.299. The topological polar surface area (TPSA) is 44.8 Å². The van der Waals surface area contributed by atoms with E-state index in [1.807, 2.05) is 20.8 Å². The van der Waals surface area contributed by atoms with E-state index in [2.05, 4.69) is 13.8 Å². The quantitative estimate of drug-likeness (QED) is 0.724. The standard InChI is InChI=1S/C14H26O4/c1-6-11-8-10(12(7-2)17-11)9-16-13(15)18-14(3,4)5/h10-12H,6-9H2,1-5H3. The fourth-order valence-corrected chi connectivity index (χ4v) is 2.23. The second-order valence-corrected chi connectivity index (χ2v) is 5.88. The van der Waals surface area contributed by atoms with Crippen LogP contribution < -0.4 is 0 Å². The molecule has 18 heavy (non-hydrogen) atoms. The van der Waals surface area contributed by atoms with E-state index in [1.165, 1.54) is 0 Å². The molecule has 3 atom stereocenters. The Labute approximate surface area is 110 Å². The summed E-state index contributed by atoms with van der Waals surface area (Å²) in [6.07, 6.45) is 2.87. The highest BCUT2D eigenvalue weighted by atomic mass is 16.7. The minimum atomic E-state index is -0.586. The first-order valence-electron chi connectivity index (χ1n) is 6.87. The Hall–Kier alpha value is -0.770. The minimum absolute atomic E-state index is 0.206. The molecule has 0 aromatic rings. The monoisotopic (exact) mass is 258 g/mol. The second kappa shape index (κ2) is 6.41. The molecule has 0 amide bonds. The highest BCUT2D eigenvalue weighted by Crippen LogP contribution is 2.30. The zero-order chi connectivity index (χ0) is 13.8. The smallest absolute Gasteiger partial charge is 0.434 e. The number of hydrogen-bond acceptors (Lipinski definition) is 4. The van der Waals surface area contributed by atoms with E-state index >= 15 is 0 Å². The van der Waals surface area contributed by atoms with Crippen LogP contribution in [0.3, 0.4) is 0 Å². The van der Waals surface area contributed by atoms with Crippen molar-refractivity contribution in [2.75, 3.05) is 6.61 Å². The molecule has 0 N–H and O–H groups in total. The molecule has 4 heteroatoms. The first kappa shape index (κ1) is 15.3. The van der Waals surface area contributed by atoms with Crippen LogP contribution in [0.25, 0.3) is 0 Å². The van der Waals surface area contributed by atoms with Crippen LogP contribution in [-0.4, -0.2) is 30.6 Å². The van der Waals surface area contributed by atoms with Gasteiger partial charge in [0.1, 0.15) is 12.2 Å². The number of rotatable bonds is 4. The summed E-state index contributed by atoms with van der Waals surface area (Å²) in [4.78, 5) is 11.5. The van der Waals surface area contributed by atoms with Crippen LogP contribution in [0.2, 0.25) is 0 Å². The highest BCUT2D eigenvalue weighted by Gasteiger charge is 2.34. The number of ether oxygens (including phenoxy) is 3. The van der Waals surface area contributed by atoms with E-state index in [-0.39, 0.29) is 6.10 Å². The van der Waals surface area contributed by atoms with E-state index in [1.54, 1.807) is 0 Å². The van der Waals surface area contributed by atoms with E-state index in [0.29, 0.717) is 18.6 Å². The van der Waals surface area contributed by atoms with Gasteiger partial charge in [0.25, 0.3) is 0 Å². The van der Waals surface area contributed by atoms with E-state index in [0.717, 1.165) is 19.3 Å². The van der Waals surface area contributed by atoms with Crippen molar-refractivity contribution < 1.29 is 19.0 Å². The van der Waals surface area contributed by atoms with Crippen molar-refractivity contribution in [1.82, 2.24) is 0 Å². The lowest BCUT2D eigenvalue weighted by atomic mass is 9.98. The van der Waals surface area contributed by atoms with Gasteiger partial charge < -0.3 is 14.2 Å². The fraction of sp³-hybridized carbons (Fsp3) is 0.929. The first-order valence-corrected chi connectivity index (χ1v) is 6.87. The van der Waals surface area contributed by atoms with Crippen LogP contribution in [0.1, 0.15) is 53.9 Å². The summed E-state index contributed by atoms with van der Waals surface area (Å²) in [5, 5.41) is 0. The number of hydrogen-bond donors (Lipinski definition) is 0. The van der Waals surface area contributed by atoms with Gasteiger partial charge in [-0.2, -0.15) is 0 Å². The third-order valence-corrected chi connectivity index (χ3v) is 3.12. The van der Waals surface area contributed by atoms with E-state index in [4.69, 9.17) is 14.2 Å². The molecular formula is C14H26O4. The lowest BCUT2D eigenvalue weighted by Crippen LogP contribution is -2.27. The zero-order valence-corrected chi connectivity index (χ0v) is 12.2. The van der Waals surface area contributed by atoms with Gasteiger partial charge in [0.15, 0.2) is 0 Å². The summed E-state index contributed by atoms with van der Waals surface area (Å²) in [6, 6.07) is 0. The molecule has 1 aliphatic heterocycles. The Bertz CT molecular complexity index is 269. The molecule has 1 fully saturated rings. The SMILES string of the molecule is CCC1CC(COC(=O)OC(C)(C)C)C(CC)O1. The van der Waals surface area contributed by atoms with Gasteiger partial charge in [-0.05, 0) is 40.0 Å². The molecule has 0 radical (unpaired) electrons. The lowest BCUT2D eigenvalue weighted by molar-refractivity contribution is -0.0218. The molecule has 1 rings (SSSR count). The molecule has 0 aromatic heterocycles. The normalized spacial score (nSPS) is 28.2. The van der Waals surface area contributed by atoms with Crippen molar-refractivity contribution >= 4 is 6.16 Å². The summed E-state index contributed by atoms with van der Waals surface area (Å²) in [5.41, 5.74) is -0.501. The van der Waals surface area contributed by atoms with Gasteiger partial charge in [-0.15, -0.1) is 0 Å². The molecule has 3 unspecified atom stereocenters. The fourth-order valence-electron chi connectivity index (χ4n) is 2.23. The van der Waals surface area contributed by atoms with Crippen LogP contribution in [-0.2, 0) is 14.2 Å². The summed E-state index contributed by atoms with van der Waals surface area (Å²) < 4.78 is 16.2. The Morgan fingerprint density at radius 2 is 1.94 bits per heavy atom.